The molecular formula is C27H24N2O5S. The van der Waals surface area contributed by atoms with Crippen molar-refractivity contribution in [1.29, 1.82) is 0 Å². The van der Waals surface area contributed by atoms with Gasteiger partial charge in [0.1, 0.15) is 5.75 Å². The van der Waals surface area contributed by atoms with Crippen LogP contribution in [-0.2, 0) is 11.2 Å². The molecule has 3 heterocycles. The molecule has 4 aromatic rings. The standard InChI is InChI=1S/C27H24N2O5S/c1-3-12-33-18-8-5-7-17(15-18)23-22(24(30)20-9-6-13-34-20)25(31)26(32)29(23)27-28-19-11-10-16(4-2)14-21(19)35-27/h5-11,13-15,23,31H,3-4,12H2,1-2H3/t23-/m1/s1. The van der Waals surface area contributed by atoms with Crippen LogP contribution >= 0.6 is 11.3 Å². The molecule has 0 bridgehead atoms. The maximum absolute atomic E-state index is 13.4. The molecule has 178 valence electrons. The maximum Gasteiger partial charge on any atom is 0.296 e. The number of aliphatic hydroxyl groups excluding tert-OH is 1. The molecule has 1 aliphatic heterocycles. The largest absolute Gasteiger partial charge is 0.503 e. The average molecular weight is 489 g/mol. The van der Waals surface area contributed by atoms with E-state index in [-0.39, 0.29) is 11.3 Å². The number of benzene rings is 2. The highest BCUT2D eigenvalue weighted by molar-refractivity contribution is 7.22. The van der Waals surface area contributed by atoms with Crippen molar-refractivity contribution in [3.63, 3.8) is 0 Å². The van der Waals surface area contributed by atoms with Crippen molar-refractivity contribution in [2.75, 3.05) is 11.5 Å². The monoisotopic (exact) mass is 488 g/mol. The topological polar surface area (TPSA) is 92.9 Å². The zero-order valence-corrected chi connectivity index (χ0v) is 20.2. The van der Waals surface area contributed by atoms with Crippen molar-refractivity contribution in [3.8, 4) is 5.75 Å². The maximum atomic E-state index is 13.4. The van der Waals surface area contributed by atoms with E-state index in [1.165, 1.54) is 28.6 Å². The lowest BCUT2D eigenvalue weighted by atomic mass is 9.95. The number of aromatic nitrogens is 1. The van der Waals surface area contributed by atoms with Gasteiger partial charge in [-0.05, 0) is 60.4 Å². The van der Waals surface area contributed by atoms with Crippen LogP contribution in [0, 0.1) is 0 Å². The normalized spacial score (nSPS) is 15.9. The molecule has 0 spiro atoms. The van der Waals surface area contributed by atoms with Gasteiger partial charge < -0.3 is 14.3 Å². The number of Topliss-reactive ketones (excluding diaryl/α,β-unsaturated/α-hetero) is 1. The number of fused-ring (bicyclic) bond motifs is 1. The molecule has 2 aromatic carbocycles. The molecule has 1 aliphatic rings. The molecule has 0 fully saturated rings. The van der Waals surface area contributed by atoms with Crippen molar-refractivity contribution in [2.45, 2.75) is 32.7 Å². The summed E-state index contributed by atoms with van der Waals surface area (Å²) in [5.41, 5.74) is 2.48. The fourth-order valence-electron chi connectivity index (χ4n) is 4.16. The average Bonchev–Trinajstić information content (AvgIpc) is 3.61. The van der Waals surface area contributed by atoms with Gasteiger partial charge in [-0.15, -0.1) is 0 Å². The van der Waals surface area contributed by atoms with Gasteiger partial charge >= 0.3 is 0 Å². The Kier molecular flexibility index (Phi) is 6.13. The summed E-state index contributed by atoms with van der Waals surface area (Å²) >= 11 is 1.35. The number of rotatable bonds is 8. The molecule has 5 rings (SSSR count). The van der Waals surface area contributed by atoms with Crippen LogP contribution in [0.2, 0.25) is 0 Å². The predicted octanol–water partition coefficient (Wildman–Crippen LogP) is 6.02. The molecule has 7 nitrogen and oxygen atoms in total. The Balaban J connectivity index is 1.65. The van der Waals surface area contributed by atoms with Crippen LogP contribution in [0.15, 0.2) is 76.6 Å². The second-order valence-corrected chi connectivity index (χ2v) is 9.23. The summed E-state index contributed by atoms with van der Waals surface area (Å²) in [6, 6.07) is 15.4. The lowest BCUT2D eigenvalue weighted by Crippen LogP contribution is -2.31. The zero-order valence-electron chi connectivity index (χ0n) is 19.4. The molecule has 2 aromatic heterocycles. The van der Waals surface area contributed by atoms with Crippen molar-refractivity contribution < 1.29 is 23.8 Å². The summed E-state index contributed by atoms with van der Waals surface area (Å²) in [5, 5.41) is 11.3. The van der Waals surface area contributed by atoms with E-state index in [0.29, 0.717) is 23.1 Å². The number of carbonyl (C=O) groups is 2. The number of amides is 1. The summed E-state index contributed by atoms with van der Waals surface area (Å²) in [6.07, 6.45) is 3.10. The number of thiazole rings is 1. The van der Waals surface area contributed by atoms with E-state index >= 15 is 0 Å². The van der Waals surface area contributed by atoms with Gasteiger partial charge in [0, 0.05) is 0 Å². The molecule has 1 N–H and O–H groups in total. The number of ketones is 1. The first-order valence-electron chi connectivity index (χ1n) is 11.5. The van der Waals surface area contributed by atoms with Gasteiger partial charge in [-0.2, -0.15) is 0 Å². The van der Waals surface area contributed by atoms with Gasteiger partial charge in [-0.1, -0.05) is 43.4 Å². The van der Waals surface area contributed by atoms with Gasteiger partial charge in [0.2, 0.25) is 5.78 Å². The molecule has 0 radical (unpaired) electrons. The number of nitrogens with zero attached hydrogens (tertiary/aromatic N) is 2. The summed E-state index contributed by atoms with van der Waals surface area (Å²) in [7, 11) is 0. The third kappa shape index (κ3) is 4.10. The quantitative estimate of drug-likeness (QED) is 0.305. The Morgan fingerprint density at radius 3 is 2.77 bits per heavy atom. The number of aryl methyl sites for hydroxylation is 1. The third-order valence-corrected chi connectivity index (χ3v) is 6.92. The first kappa shape index (κ1) is 22.9. The Labute approximate surface area is 206 Å². The van der Waals surface area contributed by atoms with E-state index in [1.807, 2.05) is 31.2 Å². The molecule has 0 aliphatic carbocycles. The Morgan fingerprint density at radius 2 is 2.03 bits per heavy atom. The zero-order chi connectivity index (χ0) is 24.5. The Bertz CT molecular complexity index is 1440. The van der Waals surface area contributed by atoms with Gasteiger partial charge in [0.05, 0.1) is 34.7 Å². The SMILES string of the molecule is CCCOc1cccc([C@@H]2C(C(=O)c3ccco3)=C(O)C(=O)N2c2nc3ccc(CC)cc3s2)c1. The number of furan rings is 1. The minimum absolute atomic E-state index is 0.0430. The summed E-state index contributed by atoms with van der Waals surface area (Å²) < 4.78 is 12.0. The molecule has 0 unspecified atom stereocenters. The van der Waals surface area contributed by atoms with Crippen LogP contribution < -0.4 is 9.64 Å². The highest BCUT2D eigenvalue weighted by atomic mass is 32.1. The van der Waals surface area contributed by atoms with Gasteiger partial charge in [0.25, 0.3) is 5.91 Å². The predicted molar refractivity (Wildman–Crippen MR) is 134 cm³/mol. The number of hydrogen-bond acceptors (Lipinski definition) is 7. The number of carbonyl (C=O) groups excluding carboxylic acids is 2. The molecular weight excluding hydrogens is 464 g/mol. The fraction of sp³-hybridized carbons (Fsp3) is 0.222. The molecule has 1 amide bonds. The molecule has 35 heavy (non-hydrogen) atoms. The van der Waals surface area contributed by atoms with Crippen molar-refractivity contribution in [2.24, 2.45) is 0 Å². The van der Waals surface area contributed by atoms with E-state index in [2.05, 4.69) is 11.9 Å². The first-order valence-corrected chi connectivity index (χ1v) is 12.3. The van der Waals surface area contributed by atoms with E-state index in [0.717, 1.165) is 28.6 Å². The van der Waals surface area contributed by atoms with E-state index in [1.54, 1.807) is 24.3 Å². The lowest BCUT2D eigenvalue weighted by molar-refractivity contribution is -0.117. The number of hydrogen-bond donors (Lipinski definition) is 1. The molecule has 8 heteroatoms. The number of ether oxygens (including phenoxy) is 1. The van der Waals surface area contributed by atoms with Crippen LogP contribution in [0.1, 0.15) is 48.0 Å². The molecule has 1 atom stereocenters. The van der Waals surface area contributed by atoms with Crippen molar-refractivity contribution in [1.82, 2.24) is 4.98 Å². The van der Waals surface area contributed by atoms with E-state index in [4.69, 9.17) is 9.15 Å². The van der Waals surface area contributed by atoms with E-state index < -0.39 is 23.5 Å². The Hall–Kier alpha value is -3.91. The minimum Gasteiger partial charge on any atom is -0.503 e. The smallest absolute Gasteiger partial charge is 0.296 e. The summed E-state index contributed by atoms with van der Waals surface area (Å²) in [6.45, 7) is 4.62. The summed E-state index contributed by atoms with van der Waals surface area (Å²) in [4.78, 5) is 32.9. The summed E-state index contributed by atoms with van der Waals surface area (Å²) in [5.74, 6) is -1.18. The first-order chi connectivity index (χ1) is 17.0. The second-order valence-electron chi connectivity index (χ2n) is 8.22. The van der Waals surface area contributed by atoms with Crippen molar-refractivity contribution >= 4 is 38.4 Å². The van der Waals surface area contributed by atoms with Gasteiger partial charge in [-0.3, -0.25) is 14.5 Å². The number of anilines is 1. The van der Waals surface area contributed by atoms with Gasteiger partial charge in [-0.25, -0.2) is 4.98 Å². The minimum atomic E-state index is -0.892. The van der Waals surface area contributed by atoms with Crippen molar-refractivity contribution in [3.05, 3.63) is 89.1 Å². The van der Waals surface area contributed by atoms with Crippen LogP contribution in [0.4, 0.5) is 5.13 Å². The van der Waals surface area contributed by atoms with Crippen LogP contribution in [0.25, 0.3) is 10.2 Å². The highest BCUT2D eigenvalue weighted by Crippen LogP contribution is 2.44. The highest BCUT2D eigenvalue weighted by Gasteiger charge is 2.46. The Morgan fingerprint density at radius 1 is 1.17 bits per heavy atom. The fourth-order valence-corrected chi connectivity index (χ4v) is 5.22. The van der Waals surface area contributed by atoms with Gasteiger partial charge in [0.15, 0.2) is 16.7 Å². The van der Waals surface area contributed by atoms with Crippen LogP contribution in [-0.4, -0.2) is 28.4 Å². The van der Waals surface area contributed by atoms with Crippen LogP contribution in [0.5, 0.6) is 5.75 Å². The molecule has 0 saturated heterocycles. The second kappa shape index (κ2) is 9.38. The van der Waals surface area contributed by atoms with Crippen LogP contribution in [0.3, 0.4) is 0 Å². The van der Waals surface area contributed by atoms with E-state index in [9.17, 15) is 14.7 Å². The molecule has 0 saturated carbocycles. The third-order valence-electron chi connectivity index (χ3n) is 5.90. The number of aliphatic hydroxyl groups is 1. The lowest BCUT2D eigenvalue weighted by Gasteiger charge is -2.24.